The molecule has 1 amide bonds. The van der Waals surface area contributed by atoms with Gasteiger partial charge in [-0.1, -0.05) is 51.4 Å². The second-order valence-corrected chi connectivity index (χ2v) is 29.8. The van der Waals surface area contributed by atoms with Gasteiger partial charge in [0.15, 0.2) is 5.65 Å². The second kappa shape index (κ2) is 16.4. The number of carbonyl (C=O) groups is 1. The molecule has 0 unspecified atom stereocenters. The number of aromatic nitrogens is 4. The lowest BCUT2D eigenvalue weighted by atomic mass is 9.88. The van der Waals surface area contributed by atoms with E-state index in [-0.39, 0.29) is 35.4 Å². The summed E-state index contributed by atoms with van der Waals surface area (Å²) < 4.78 is 49.6. The minimum atomic E-state index is -1.32. The molecule has 0 spiro atoms. The van der Waals surface area contributed by atoms with E-state index in [4.69, 9.17) is 24.3 Å². The quantitative estimate of drug-likeness (QED) is 0.0708. The van der Waals surface area contributed by atoms with Gasteiger partial charge < -0.3 is 24.0 Å². The first-order valence-electron chi connectivity index (χ1n) is 19.6. The average molecular weight is 793 g/mol. The van der Waals surface area contributed by atoms with E-state index >= 15 is 0 Å². The molecule has 6 rings (SSSR count). The number of hydrogen-bond acceptors (Lipinski definition) is 8. The van der Waals surface area contributed by atoms with E-state index in [0.29, 0.717) is 32.3 Å². The molecule has 2 saturated heterocycles. The Balaban J connectivity index is 1.38. The van der Waals surface area contributed by atoms with Gasteiger partial charge in [-0.15, -0.1) is 0 Å². The summed E-state index contributed by atoms with van der Waals surface area (Å²) in [7, 11) is -2.64. The van der Waals surface area contributed by atoms with Crippen molar-refractivity contribution in [2.24, 2.45) is 0 Å². The van der Waals surface area contributed by atoms with Crippen molar-refractivity contribution in [3.8, 4) is 22.4 Å². The maximum absolute atomic E-state index is 14.6. The number of benzene rings is 1. The number of fused-ring (bicyclic) bond motifs is 3. The number of rotatable bonds is 14. The van der Waals surface area contributed by atoms with Crippen LogP contribution < -0.4 is 4.90 Å². The summed E-state index contributed by atoms with van der Waals surface area (Å²) >= 11 is 0. The summed E-state index contributed by atoms with van der Waals surface area (Å²) in [4.78, 5) is 27.2. The maximum atomic E-state index is 14.6. The van der Waals surface area contributed by atoms with Crippen molar-refractivity contribution in [3.05, 3.63) is 66.1 Å². The largest absolute Gasteiger partial charge is 0.444 e. The SMILES string of the molecule is CC(C)(C)OC(=O)N1[C@@H]2CC[C@H]1C[C@@H](c1cc(N(COCC[Si](C)(C)C)COCC[Si](C)(C)C)n3ncc(-c4ccc(-c5c(F)cccc5F)nc4)c3n1)C2. The number of ether oxygens (including phenoxy) is 3. The summed E-state index contributed by atoms with van der Waals surface area (Å²) in [5, 5.41) is 4.86. The zero-order chi connectivity index (χ0) is 39.7. The van der Waals surface area contributed by atoms with E-state index in [1.54, 1.807) is 24.5 Å². The van der Waals surface area contributed by atoms with Gasteiger partial charge in [-0.05, 0) is 76.7 Å². The lowest BCUT2D eigenvalue weighted by molar-refractivity contribution is 0.00568. The van der Waals surface area contributed by atoms with Crippen molar-refractivity contribution in [2.75, 3.05) is 31.6 Å². The molecule has 0 aliphatic carbocycles. The van der Waals surface area contributed by atoms with E-state index < -0.39 is 33.4 Å². The Morgan fingerprint density at radius 1 is 0.891 bits per heavy atom. The molecule has 10 nitrogen and oxygen atoms in total. The molecule has 2 aliphatic rings. The zero-order valence-electron chi connectivity index (χ0n) is 34.0. The van der Waals surface area contributed by atoms with E-state index in [0.717, 1.165) is 60.4 Å². The van der Waals surface area contributed by atoms with Crippen LogP contribution in [-0.2, 0) is 14.2 Å². The van der Waals surface area contributed by atoms with Crippen LogP contribution in [-0.4, -0.2) is 91.1 Å². The molecule has 0 N–H and O–H groups in total. The van der Waals surface area contributed by atoms with Crippen molar-refractivity contribution in [2.45, 2.75) is 121 Å². The van der Waals surface area contributed by atoms with Crippen LogP contribution in [0.5, 0.6) is 0 Å². The number of piperidine rings is 1. The third-order valence-corrected chi connectivity index (χ3v) is 13.7. The van der Waals surface area contributed by atoms with Crippen LogP contribution in [0.15, 0.2) is 48.8 Å². The maximum Gasteiger partial charge on any atom is 0.410 e. The fraction of sp³-hybridized carbons (Fsp3) is 0.561. The van der Waals surface area contributed by atoms with E-state index in [1.165, 1.54) is 18.2 Å². The molecule has 5 heterocycles. The van der Waals surface area contributed by atoms with Crippen LogP contribution in [0.3, 0.4) is 0 Å². The Morgan fingerprint density at radius 3 is 2.02 bits per heavy atom. The Labute approximate surface area is 326 Å². The van der Waals surface area contributed by atoms with Crippen molar-refractivity contribution < 1.29 is 27.8 Å². The van der Waals surface area contributed by atoms with Gasteiger partial charge in [-0.25, -0.2) is 18.6 Å². The first-order valence-corrected chi connectivity index (χ1v) is 27.0. The van der Waals surface area contributed by atoms with Gasteiger partial charge >= 0.3 is 6.09 Å². The van der Waals surface area contributed by atoms with E-state index in [1.807, 2.05) is 30.2 Å². The first kappa shape index (κ1) is 40.9. The number of hydrogen-bond donors (Lipinski definition) is 0. The minimum absolute atomic E-state index is 0.0610. The third kappa shape index (κ3) is 10.2. The number of carbonyl (C=O) groups excluding carboxylic acids is 1. The van der Waals surface area contributed by atoms with Crippen molar-refractivity contribution in [1.82, 2.24) is 24.5 Å². The summed E-state index contributed by atoms with van der Waals surface area (Å²) in [5.74, 6) is -0.446. The molecule has 14 heteroatoms. The van der Waals surface area contributed by atoms with Crippen LogP contribution in [0.4, 0.5) is 19.4 Å². The fourth-order valence-electron chi connectivity index (χ4n) is 7.35. The number of halogens is 2. The average Bonchev–Trinajstić information content (AvgIpc) is 3.63. The number of pyridine rings is 1. The molecule has 0 radical (unpaired) electrons. The lowest BCUT2D eigenvalue weighted by Gasteiger charge is -2.39. The monoisotopic (exact) mass is 792 g/mol. The number of anilines is 1. The van der Waals surface area contributed by atoms with Gasteiger partial charge in [0, 0.05) is 76.4 Å². The van der Waals surface area contributed by atoms with Crippen LogP contribution in [0.25, 0.3) is 28.0 Å². The fourth-order valence-corrected chi connectivity index (χ4v) is 8.87. The van der Waals surface area contributed by atoms with E-state index in [9.17, 15) is 13.6 Å². The molecule has 0 saturated carbocycles. The van der Waals surface area contributed by atoms with Crippen LogP contribution in [0.2, 0.25) is 51.4 Å². The van der Waals surface area contributed by atoms with Gasteiger partial charge in [-0.3, -0.25) is 4.98 Å². The van der Waals surface area contributed by atoms with Crippen molar-refractivity contribution in [3.63, 3.8) is 0 Å². The molecule has 2 aliphatic heterocycles. The highest BCUT2D eigenvalue weighted by atomic mass is 28.3. The van der Waals surface area contributed by atoms with Crippen LogP contribution in [0.1, 0.15) is 58.1 Å². The van der Waals surface area contributed by atoms with Gasteiger partial charge in [-0.2, -0.15) is 9.61 Å². The van der Waals surface area contributed by atoms with Crippen LogP contribution in [0, 0.1) is 11.6 Å². The minimum Gasteiger partial charge on any atom is -0.444 e. The molecule has 3 atom stereocenters. The Hall–Kier alpha value is -3.73. The summed E-state index contributed by atoms with van der Waals surface area (Å²) in [5.41, 5.74) is 2.48. The summed E-state index contributed by atoms with van der Waals surface area (Å²) in [6.45, 7) is 21.7. The Morgan fingerprint density at radius 2 is 1.49 bits per heavy atom. The predicted octanol–water partition coefficient (Wildman–Crippen LogP) is 9.81. The highest BCUT2D eigenvalue weighted by Crippen LogP contribution is 2.44. The molecule has 1 aromatic carbocycles. The normalized spacial score (nSPS) is 19.0. The Bertz CT molecular complexity index is 1900. The van der Waals surface area contributed by atoms with Crippen LogP contribution >= 0.6 is 0 Å². The number of amides is 1. The third-order valence-electron chi connectivity index (χ3n) is 10.3. The molecule has 55 heavy (non-hydrogen) atoms. The summed E-state index contributed by atoms with van der Waals surface area (Å²) in [6.07, 6.45) is 6.52. The number of nitrogens with zero attached hydrogens (tertiary/aromatic N) is 6. The molecule has 2 fully saturated rings. The van der Waals surface area contributed by atoms with Crippen molar-refractivity contribution in [1.29, 1.82) is 0 Å². The second-order valence-electron chi connectivity index (χ2n) is 18.5. The standard InChI is InChI=1S/C41H58F2N6O4Si2/c1-41(2,3)53-40(50)48-30-14-15-31(48)22-29(21-30)36-23-37(47(26-51-17-19-54(4,5)6)27-52-18-20-55(7,8)9)49-39(46-36)32(25-45-49)28-13-16-35(44-24-28)38-33(42)11-10-12-34(38)43/h10-13,16,23-25,29-31H,14-15,17-22,26-27H2,1-9H3/t29-,30+,31-. The Kier molecular flexibility index (Phi) is 12.2. The first-order chi connectivity index (χ1) is 25.9. The highest BCUT2D eigenvalue weighted by Gasteiger charge is 2.45. The molecule has 3 aromatic heterocycles. The van der Waals surface area contributed by atoms with Gasteiger partial charge in [0.05, 0.1) is 17.5 Å². The van der Waals surface area contributed by atoms with Gasteiger partial charge in [0.2, 0.25) is 0 Å². The molecule has 2 bridgehead atoms. The summed E-state index contributed by atoms with van der Waals surface area (Å²) in [6, 6.07) is 11.5. The van der Waals surface area contributed by atoms with E-state index in [2.05, 4.69) is 55.2 Å². The van der Waals surface area contributed by atoms with Gasteiger partial charge in [0.1, 0.15) is 36.5 Å². The predicted molar refractivity (Wildman–Crippen MR) is 219 cm³/mol. The molecule has 4 aromatic rings. The highest BCUT2D eigenvalue weighted by molar-refractivity contribution is 6.76. The lowest BCUT2D eigenvalue weighted by Crippen LogP contribution is -2.48. The van der Waals surface area contributed by atoms with Gasteiger partial charge in [0.25, 0.3) is 0 Å². The smallest absolute Gasteiger partial charge is 0.410 e. The topological polar surface area (TPSA) is 94.3 Å². The zero-order valence-corrected chi connectivity index (χ0v) is 36.0. The van der Waals surface area contributed by atoms with Crippen molar-refractivity contribution >= 4 is 33.7 Å². The molecule has 298 valence electrons. The molecular weight excluding hydrogens is 735 g/mol. The molecular formula is C41H58F2N6O4Si2.